The second-order valence-electron chi connectivity index (χ2n) is 8.44. The number of H-pyrrole nitrogens is 1. The van der Waals surface area contributed by atoms with Gasteiger partial charge in [0.25, 0.3) is 11.5 Å². The monoisotopic (exact) mass is 507 g/mol. The Balaban J connectivity index is 1.49. The second kappa shape index (κ2) is 11.4. The van der Waals surface area contributed by atoms with Crippen LogP contribution in [-0.2, 0) is 17.9 Å². The minimum atomic E-state index is -0.364. The van der Waals surface area contributed by atoms with E-state index in [1.54, 1.807) is 28.8 Å². The Morgan fingerprint density at radius 1 is 1.03 bits per heavy atom. The van der Waals surface area contributed by atoms with Gasteiger partial charge in [-0.2, -0.15) is 0 Å². The first-order valence-electron chi connectivity index (χ1n) is 12.0. The number of aryl methyl sites for hydroxylation is 1. The zero-order chi connectivity index (χ0) is 25.7. The average Bonchev–Trinajstić information content (AvgIpc) is 3.34. The number of benzene rings is 2. The molecule has 0 bridgehead atoms. The maximum atomic E-state index is 12.9. The van der Waals surface area contributed by atoms with Crippen LogP contribution in [0.5, 0.6) is 5.75 Å². The molecule has 36 heavy (non-hydrogen) atoms. The van der Waals surface area contributed by atoms with Gasteiger partial charge in [0.2, 0.25) is 0 Å². The van der Waals surface area contributed by atoms with E-state index >= 15 is 0 Å². The third kappa shape index (κ3) is 5.41. The van der Waals surface area contributed by atoms with E-state index in [4.69, 9.17) is 4.74 Å². The number of hydrogen-bond acceptors (Lipinski definition) is 5. The van der Waals surface area contributed by atoms with Crippen molar-refractivity contribution in [2.24, 2.45) is 0 Å². The highest BCUT2D eigenvalue weighted by molar-refractivity contribution is 7.17. The van der Waals surface area contributed by atoms with Gasteiger partial charge in [0, 0.05) is 18.7 Å². The molecular formula is C26H30N5O4P. The number of fused-ring (bicyclic) bond motifs is 1. The summed E-state index contributed by atoms with van der Waals surface area (Å²) < 4.78 is 8.45. The predicted molar refractivity (Wildman–Crippen MR) is 143 cm³/mol. The van der Waals surface area contributed by atoms with Crippen LogP contribution >= 0.6 is 9.24 Å². The molecule has 9 nitrogen and oxygen atoms in total. The Morgan fingerprint density at radius 2 is 1.69 bits per heavy atom. The molecule has 2 aromatic carbocycles. The minimum absolute atomic E-state index is 0.123. The molecule has 4 rings (SSSR count). The fourth-order valence-corrected chi connectivity index (χ4v) is 4.37. The van der Waals surface area contributed by atoms with E-state index in [9.17, 15) is 14.4 Å². The maximum Gasteiger partial charge on any atom is 0.332 e. The standard InChI is InChI=1S/C26H30N5O4P/c1-3-14-30-23-21(25(33)31(15-4-2)26(30)34)28-22(29-23)17-10-12-19(13-11-17)35-16-20(32)27-24(36)18-8-6-5-7-9-18/h5-13,24H,3-4,14-16,36H2,1-2H3,(H,27,32)(H,28,29). The SMILES string of the molecule is CCCn1c(=O)c2[nH]c(-c3ccc(OCC(=O)NC(P)c4ccccc4)cc3)nc2n(CCC)c1=O. The molecule has 0 saturated heterocycles. The van der Waals surface area contributed by atoms with E-state index in [-0.39, 0.29) is 29.5 Å². The first-order chi connectivity index (χ1) is 17.4. The van der Waals surface area contributed by atoms with Gasteiger partial charge in [-0.15, -0.1) is 9.24 Å². The number of amides is 1. The van der Waals surface area contributed by atoms with E-state index in [1.807, 2.05) is 44.2 Å². The lowest BCUT2D eigenvalue weighted by molar-refractivity contribution is -0.123. The maximum absolute atomic E-state index is 12.9. The van der Waals surface area contributed by atoms with Crippen molar-refractivity contribution < 1.29 is 9.53 Å². The Kier molecular flexibility index (Phi) is 8.00. The molecule has 2 heterocycles. The van der Waals surface area contributed by atoms with Crippen LogP contribution in [0.25, 0.3) is 22.6 Å². The van der Waals surface area contributed by atoms with Crippen LogP contribution in [0.4, 0.5) is 0 Å². The second-order valence-corrected chi connectivity index (χ2v) is 9.11. The van der Waals surface area contributed by atoms with Gasteiger partial charge in [-0.1, -0.05) is 44.2 Å². The zero-order valence-electron chi connectivity index (χ0n) is 20.4. The van der Waals surface area contributed by atoms with Crippen LogP contribution in [0, 0.1) is 0 Å². The molecule has 2 aromatic heterocycles. The summed E-state index contributed by atoms with van der Waals surface area (Å²) in [5.74, 6) is 0.569. The van der Waals surface area contributed by atoms with Gasteiger partial charge in [-0.05, 0) is 42.7 Å². The van der Waals surface area contributed by atoms with Crippen LogP contribution in [0.15, 0.2) is 64.2 Å². The summed E-state index contributed by atoms with van der Waals surface area (Å²) in [5, 5.41) is 2.88. The lowest BCUT2D eigenvalue weighted by atomic mass is 10.2. The number of carbonyl (C=O) groups excluding carboxylic acids is 1. The van der Waals surface area contributed by atoms with E-state index in [0.29, 0.717) is 42.2 Å². The van der Waals surface area contributed by atoms with Crippen molar-refractivity contribution in [3.8, 4) is 17.1 Å². The van der Waals surface area contributed by atoms with Gasteiger partial charge in [-0.3, -0.25) is 18.7 Å². The first kappa shape index (κ1) is 25.4. The zero-order valence-corrected chi connectivity index (χ0v) is 21.5. The Bertz CT molecular complexity index is 1460. The number of aromatic nitrogens is 4. The van der Waals surface area contributed by atoms with Gasteiger partial charge in [-0.25, -0.2) is 9.78 Å². The summed E-state index contributed by atoms with van der Waals surface area (Å²) in [7, 11) is 2.60. The Labute approximate surface area is 210 Å². The molecule has 0 spiro atoms. The third-order valence-corrected chi connectivity index (χ3v) is 6.28. The van der Waals surface area contributed by atoms with E-state index in [0.717, 1.165) is 17.5 Å². The summed E-state index contributed by atoms with van der Waals surface area (Å²) in [6.45, 7) is 4.60. The van der Waals surface area contributed by atoms with Crippen molar-refractivity contribution >= 4 is 26.3 Å². The van der Waals surface area contributed by atoms with Crippen molar-refractivity contribution in [3.63, 3.8) is 0 Å². The van der Waals surface area contributed by atoms with E-state index in [2.05, 4.69) is 24.5 Å². The number of aromatic amines is 1. The summed E-state index contributed by atoms with van der Waals surface area (Å²) in [4.78, 5) is 45.8. The molecule has 2 atom stereocenters. The molecule has 4 aromatic rings. The molecule has 2 N–H and O–H groups in total. The molecule has 0 aliphatic rings. The Hall–Kier alpha value is -3.71. The topological polar surface area (TPSA) is 111 Å². The molecule has 2 unspecified atom stereocenters. The quantitative estimate of drug-likeness (QED) is 0.320. The third-order valence-electron chi connectivity index (χ3n) is 5.73. The van der Waals surface area contributed by atoms with Crippen molar-refractivity contribution in [2.45, 2.75) is 45.6 Å². The van der Waals surface area contributed by atoms with Crippen LogP contribution in [0.1, 0.15) is 38.0 Å². The fraction of sp³-hybridized carbons (Fsp3) is 0.308. The first-order valence-corrected chi connectivity index (χ1v) is 12.7. The molecule has 188 valence electrons. The molecule has 10 heteroatoms. The normalized spacial score (nSPS) is 12.0. The highest BCUT2D eigenvalue weighted by Crippen LogP contribution is 2.22. The summed E-state index contributed by atoms with van der Waals surface area (Å²) >= 11 is 0. The molecule has 0 aliphatic heterocycles. The van der Waals surface area contributed by atoms with Gasteiger partial charge < -0.3 is 15.0 Å². The van der Waals surface area contributed by atoms with Gasteiger partial charge >= 0.3 is 5.69 Å². The number of nitrogens with zero attached hydrogens (tertiary/aromatic N) is 3. The smallest absolute Gasteiger partial charge is 0.332 e. The lowest BCUT2D eigenvalue weighted by Crippen LogP contribution is -2.40. The number of carbonyl (C=O) groups is 1. The summed E-state index contributed by atoms with van der Waals surface area (Å²) in [6.07, 6.45) is 1.42. The van der Waals surface area contributed by atoms with Crippen LogP contribution < -0.4 is 21.3 Å². The summed E-state index contributed by atoms with van der Waals surface area (Å²) in [6, 6.07) is 16.7. The van der Waals surface area contributed by atoms with Crippen molar-refractivity contribution in [1.82, 2.24) is 24.4 Å². The number of imidazole rings is 1. The molecular weight excluding hydrogens is 477 g/mol. The molecule has 0 fully saturated rings. The van der Waals surface area contributed by atoms with Gasteiger partial charge in [0.05, 0.1) is 5.78 Å². The highest BCUT2D eigenvalue weighted by atomic mass is 31.0. The largest absolute Gasteiger partial charge is 0.484 e. The highest BCUT2D eigenvalue weighted by Gasteiger charge is 2.17. The Morgan fingerprint density at radius 3 is 2.36 bits per heavy atom. The van der Waals surface area contributed by atoms with Crippen LogP contribution in [0.2, 0.25) is 0 Å². The average molecular weight is 508 g/mol. The van der Waals surface area contributed by atoms with Crippen LogP contribution in [-0.4, -0.2) is 31.6 Å². The van der Waals surface area contributed by atoms with E-state index < -0.39 is 0 Å². The molecule has 0 radical (unpaired) electrons. The number of ether oxygens (including phenoxy) is 1. The predicted octanol–water partition coefficient (Wildman–Crippen LogP) is 3.44. The summed E-state index contributed by atoms with van der Waals surface area (Å²) in [5.41, 5.74) is 1.68. The van der Waals surface area contributed by atoms with Gasteiger partial charge in [0.15, 0.2) is 12.3 Å². The number of hydrogen-bond donors (Lipinski definition) is 2. The fourth-order valence-electron chi connectivity index (χ4n) is 3.97. The number of nitrogens with one attached hydrogen (secondary N) is 2. The number of rotatable bonds is 10. The minimum Gasteiger partial charge on any atom is -0.484 e. The molecule has 1 amide bonds. The van der Waals surface area contributed by atoms with Crippen LogP contribution in [0.3, 0.4) is 0 Å². The van der Waals surface area contributed by atoms with Crippen molar-refractivity contribution in [3.05, 3.63) is 81.0 Å². The van der Waals surface area contributed by atoms with Crippen molar-refractivity contribution in [1.29, 1.82) is 0 Å². The molecule has 0 aliphatic carbocycles. The van der Waals surface area contributed by atoms with Gasteiger partial charge in [0.1, 0.15) is 17.1 Å². The van der Waals surface area contributed by atoms with Crippen molar-refractivity contribution in [2.75, 3.05) is 6.61 Å². The lowest BCUT2D eigenvalue weighted by Gasteiger charge is -2.14. The molecule has 0 saturated carbocycles. The van der Waals surface area contributed by atoms with E-state index in [1.165, 1.54) is 4.57 Å².